The van der Waals surface area contributed by atoms with Crippen LogP contribution in [0.3, 0.4) is 0 Å². The van der Waals surface area contributed by atoms with E-state index in [0.29, 0.717) is 6.54 Å². The second-order valence-corrected chi connectivity index (χ2v) is 4.83. The number of aromatic nitrogens is 2. The third-order valence-electron chi connectivity index (χ3n) is 3.38. The van der Waals surface area contributed by atoms with Gasteiger partial charge in [0.2, 0.25) is 0 Å². The molecule has 0 saturated carbocycles. The lowest BCUT2D eigenvalue weighted by Gasteiger charge is -2.19. The number of rotatable bonds is 5. The summed E-state index contributed by atoms with van der Waals surface area (Å²) >= 11 is 0. The van der Waals surface area contributed by atoms with Crippen LogP contribution in [0.1, 0.15) is 23.9 Å². The number of nitrogens with zero attached hydrogens (tertiary/aromatic N) is 3. The minimum Gasteiger partial charge on any atom is -0.369 e. The molecular weight excluding hydrogens is 236 g/mol. The maximum absolute atomic E-state index is 5.68. The van der Waals surface area contributed by atoms with Gasteiger partial charge in [0.25, 0.3) is 0 Å². The van der Waals surface area contributed by atoms with E-state index in [1.165, 1.54) is 11.4 Å². The molecular formula is C15H22N4. The lowest BCUT2D eigenvalue weighted by molar-refractivity contribution is 0.689. The molecule has 1 heterocycles. The van der Waals surface area contributed by atoms with Crippen LogP contribution in [0, 0.1) is 0 Å². The second-order valence-electron chi connectivity index (χ2n) is 4.83. The molecule has 0 fully saturated rings. The fourth-order valence-corrected chi connectivity index (χ4v) is 2.15. The zero-order valence-corrected chi connectivity index (χ0v) is 11.9. The molecule has 0 bridgehead atoms. The van der Waals surface area contributed by atoms with Crippen LogP contribution >= 0.6 is 0 Å². The van der Waals surface area contributed by atoms with E-state index in [1.54, 1.807) is 0 Å². The van der Waals surface area contributed by atoms with E-state index in [-0.39, 0.29) is 0 Å². The van der Waals surface area contributed by atoms with Gasteiger partial charge in [-0.2, -0.15) is 5.10 Å². The van der Waals surface area contributed by atoms with Crippen molar-refractivity contribution in [1.82, 2.24) is 9.78 Å². The van der Waals surface area contributed by atoms with Gasteiger partial charge in [-0.15, -0.1) is 0 Å². The summed E-state index contributed by atoms with van der Waals surface area (Å²) in [6, 6.07) is 10.5. The van der Waals surface area contributed by atoms with Gasteiger partial charge in [0, 0.05) is 26.3 Å². The number of hydrogen-bond donors (Lipinski definition) is 1. The van der Waals surface area contributed by atoms with E-state index in [0.717, 1.165) is 24.2 Å². The van der Waals surface area contributed by atoms with Gasteiger partial charge in [-0.3, -0.25) is 4.68 Å². The van der Waals surface area contributed by atoms with Crippen LogP contribution in [-0.4, -0.2) is 16.8 Å². The molecule has 0 unspecified atom stereocenters. The summed E-state index contributed by atoms with van der Waals surface area (Å²) in [4.78, 5) is 2.22. The van der Waals surface area contributed by atoms with E-state index >= 15 is 0 Å². The molecule has 0 aliphatic carbocycles. The van der Waals surface area contributed by atoms with Gasteiger partial charge >= 0.3 is 0 Å². The van der Waals surface area contributed by atoms with Crippen LogP contribution in [0.15, 0.2) is 30.3 Å². The summed E-state index contributed by atoms with van der Waals surface area (Å²) in [6.07, 6.45) is 0.972. The van der Waals surface area contributed by atoms with Gasteiger partial charge in [-0.05, 0) is 30.2 Å². The molecule has 0 radical (unpaired) electrons. The van der Waals surface area contributed by atoms with Crippen molar-refractivity contribution in [2.45, 2.75) is 26.4 Å². The number of benzene rings is 1. The van der Waals surface area contributed by atoms with Crippen molar-refractivity contribution in [2.24, 2.45) is 12.8 Å². The summed E-state index contributed by atoms with van der Waals surface area (Å²) in [5.41, 5.74) is 10.4. The summed E-state index contributed by atoms with van der Waals surface area (Å²) < 4.78 is 1.96. The van der Waals surface area contributed by atoms with Gasteiger partial charge < -0.3 is 10.6 Å². The highest BCUT2D eigenvalue weighted by Gasteiger charge is 2.08. The van der Waals surface area contributed by atoms with E-state index in [2.05, 4.69) is 54.3 Å². The summed E-state index contributed by atoms with van der Waals surface area (Å²) in [7, 11) is 4.09. The molecule has 4 heteroatoms. The Balaban J connectivity index is 2.15. The Morgan fingerprint density at radius 1 is 1.32 bits per heavy atom. The number of nitrogens with two attached hydrogens (primary N) is 1. The van der Waals surface area contributed by atoms with E-state index < -0.39 is 0 Å². The molecule has 2 N–H and O–H groups in total. The Morgan fingerprint density at radius 3 is 2.74 bits per heavy atom. The first-order valence-corrected chi connectivity index (χ1v) is 6.66. The average Bonchev–Trinajstić information content (AvgIpc) is 2.79. The Morgan fingerprint density at radius 2 is 2.11 bits per heavy atom. The molecule has 2 rings (SSSR count). The Kier molecular flexibility index (Phi) is 4.22. The fraction of sp³-hybridized carbons (Fsp3) is 0.400. The van der Waals surface area contributed by atoms with Crippen molar-refractivity contribution >= 4 is 5.69 Å². The van der Waals surface area contributed by atoms with Crippen molar-refractivity contribution in [3.63, 3.8) is 0 Å². The molecule has 0 amide bonds. The zero-order chi connectivity index (χ0) is 13.8. The van der Waals surface area contributed by atoms with Crippen molar-refractivity contribution in [3.8, 4) is 0 Å². The predicted octanol–water partition coefficient (Wildman–Crippen LogP) is 2.08. The Labute approximate surface area is 114 Å². The van der Waals surface area contributed by atoms with E-state index in [9.17, 15) is 0 Å². The molecule has 0 atom stereocenters. The molecule has 102 valence electrons. The minimum atomic E-state index is 0.577. The van der Waals surface area contributed by atoms with Gasteiger partial charge in [0.15, 0.2) is 0 Å². The predicted molar refractivity (Wildman–Crippen MR) is 79.0 cm³/mol. The molecule has 0 spiro atoms. The minimum absolute atomic E-state index is 0.577. The number of hydrogen-bond acceptors (Lipinski definition) is 3. The van der Waals surface area contributed by atoms with Crippen molar-refractivity contribution in [3.05, 3.63) is 47.3 Å². The summed E-state index contributed by atoms with van der Waals surface area (Å²) in [6.45, 7) is 3.55. The van der Waals surface area contributed by atoms with E-state index in [4.69, 9.17) is 5.73 Å². The van der Waals surface area contributed by atoms with Crippen LogP contribution in [0.5, 0.6) is 0 Å². The van der Waals surface area contributed by atoms with Crippen LogP contribution in [0.4, 0.5) is 5.69 Å². The van der Waals surface area contributed by atoms with Crippen LogP contribution in [0.25, 0.3) is 0 Å². The highest BCUT2D eigenvalue weighted by molar-refractivity contribution is 5.48. The maximum Gasteiger partial charge on any atom is 0.0625 e. The van der Waals surface area contributed by atoms with Gasteiger partial charge in [0.1, 0.15) is 0 Å². The average molecular weight is 258 g/mol. The molecule has 2 aromatic rings. The lowest BCUT2D eigenvalue weighted by Crippen LogP contribution is -2.18. The van der Waals surface area contributed by atoms with Gasteiger partial charge in [-0.25, -0.2) is 0 Å². The number of anilines is 1. The SMILES string of the molecule is CCc1cc(CN(C)c2cccc(CN)c2)n(C)n1. The molecule has 1 aromatic carbocycles. The summed E-state index contributed by atoms with van der Waals surface area (Å²) in [5.74, 6) is 0. The number of aryl methyl sites for hydroxylation is 2. The molecule has 19 heavy (non-hydrogen) atoms. The zero-order valence-electron chi connectivity index (χ0n) is 11.9. The molecule has 0 saturated heterocycles. The first kappa shape index (κ1) is 13.6. The maximum atomic E-state index is 5.68. The fourth-order valence-electron chi connectivity index (χ4n) is 2.15. The smallest absolute Gasteiger partial charge is 0.0625 e. The van der Waals surface area contributed by atoms with Gasteiger partial charge in [0.05, 0.1) is 17.9 Å². The molecule has 1 aromatic heterocycles. The van der Waals surface area contributed by atoms with Crippen LogP contribution in [-0.2, 0) is 26.6 Å². The monoisotopic (exact) mass is 258 g/mol. The van der Waals surface area contributed by atoms with E-state index in [1.807, 2.05) is 11.7 Å². The first-order valence-electron chi connectivity index (χ1n) is 6.66. The van der Waals surface area contributed by atoms with Crippen molar-refractivity contribution in [1.29, 1.82) is 0 Å². The Hall–Kier alpha value is -1.81. The topological polar surface area (TPSA) is 47.1 Å². The molecule has 4 nitrogen and oxygen atoms in total. The quantitative estimate of drug-likeness (QED) is 0.893. The Bertz CT molecular complexity index is 545. The summed E-state index contributed by atoms with van der Waals surface area (Å²) in [5, 5.41) is 4.48. The third-order valence-corrected chi connectivity index (χ3v) is 3.38. The standard InChI is InChI=1S/C15H22N4/c1-4-13-9-15(19(3)17-13)11-18(2)14-7-5-6-12(8-14)10-16/h5-9H,4,10-11,16H2,1-3H3. The van der Waals surface area contributed by atoms with Crippen LogP contribution in [0.2, 0.25) is 0 Å². The lowest BCUT2D eigenvalue weighted by atomic mass is 10.2. The van der Waals surface area contributed by atoms with Crippen molar-refractivity contribution in [2.75, 3.05) is 11.9 Å². The normalized spacial score (nSPS) is 10.7. The molecule has 0 aliphatic rings. The molecule has 0 aliphatic heterocycles. The largest absolute Gasteiger partial charge is 0.369 e. The highest BCUT2D eigenvalue weighted by Crippen LogP contribution is 2.17. The van der Waals surface area contributed by atoms with Crippen LogP contribution < -0.4 is 10.6 Å². The first-order chi connectivity index (χ1) is 9.13. The van der Waals surface area contributed by atoms with Gasteiger partial charge in [-0.1, -0.05) is 19.1 Å². The van der Waals surface area contributed by atoms with Crippen molar-refractivity contribution < 1.29 is 0 Å². The third kappa shape index (κ3) is 3.15. The highest BCUT2D eigenvalue weighted by atomic mass is 15.3. The second kappa shape index (κ2) is 5.89.